The topological polar surface area (TPSA) is 49.9 Å². The molecule has 23 heavy (non-hydrogen) atoms. The van der Waals surface area contributed by atoms with Gasteiger partial charge in [-0.25, -0.2) is 4.98 Å². The number of nitrogens with one attached hydrogen (secondary N) is 2. The number of imidazole rings is 1. The monoisotopic (exact) mass is 305 g/mol. The minimum Gasteiger partial charge on any atom is -0.488 e. The Morgan fingerprint density at radius 3 is 2.74 bits per heavy atom. The highest BCUT2D eigenvalue weighted by atomic mass is 16.5. The summed E-state index contributed by atoms with van der Waals surface area (Å²) in [4.78, 5) is 7.63. The van der Waals surface area contributed by atoms with Crippen molar-refractivity contribution >= 4 is 0 Å². The number of ether oxygens (including phenoxy) is 1. The van der Waals surface area contributed by atoms with Gasteiger partial charge in [0.1, 0.15) is 17.7 Å². The van der Waals surface area contributed by atoms with Gasteiger partial charge in [0.2, 0.25) is 0 Å². The number of hydrogen-bond donors (Lipinski definition) is 2. The van der Waals surface area contributed by atoms with Gasteiger partial charge in [-0.1, -0.05) is 48.5 Å². The van der Waals surface area contributed by atoms with Crippen LogP contribution in [0.25, 0.3) is 0 Å². The van der Waals surface area contributed by atoms with Crippen LogP contribution in [0.2, 0.25) is 0 Å². The van der Waals surface area contributed by atoms with Gasteiger partial charge in [0, 0.05) is 25.4 Å². The summed E-state index contributed by atoms with van der Waals surface area (Å²) in [7, 11) is 0. The molecule has 1 aliphatic rings. The molecule has 4 rings (SSSR count). The largest absolute Gasteiger partial charge is 0.488 e. The maximum atomic E-state index is 6.02. The van der Waals surface area contributed by atoms with E-state index in [0.717, 1.165) is 24.5 Å². The molecule has 4 heteroatoms. The average Bonchev–Trinajstić information content (AvgIpc) is 3.25. The van der Waals surface area contributed by atoms with Crippen LogP contribution < -0.4 is 10.1 Å². The van der Waals surface area contributed by atoms with Gasteiger partial charge in [-0.3, -0.25) is 5.32 Å². The van der Waals surface area contributed by atoms with E-state index in [-0.39, 0.29) is 12.1 Å². The van der Waals surface area contributed by atoms with Crippen molar-refractivity contribution in [3.05, 3.63) is 83.9 Å². The van der Waals surface area contributed by atoms with Crippen LogP contribution in [0.3, 0.4) is 0 Å². The van der Waals surface area contributed by atoms with E-state index in [2.05, 4.69) is 51.7 Å². The lowest BCUT2D eigenvalue weighted by Gasteiger charge is -2.20. The Bertz CT molecular complexity index is 730. The van der Waals surface area contributed by atoms with Crippen molar-refractivity contribution in [2.45, 2.75) is 18.6 Å². The Kier molecular flexibility index (Phi) is 3.82. The lowest BCUT2D eigenvalue weighted by atomic mass is 10.1. The number of H-pyrrole nitrogens is 1. The number of benzene rings is 2. The van der Waals surface area contributed by atoms with Gasteiger partial charge in [-0.05, 0) is 17.2 Å². The summed E-state index contributed by atoms with van der Waals surface area (Å²) < 4.78 is 6.02. The first-order chi connectivity index (χ1) is 11.4. The van der Waals surface area contributed by atoms with Crippen molar-refractivity contribution in [1.29, 1.82) is 0 Å². The highest BCUT2D eigenvalue weighted by molar-refractivity contribution is 5.37. The highest BCUT2D eigenvalue weighted by Gasteiger charge is 2.24. The van der Waals surface area contributed by atoms with Crippen LogP contribution in [0.4, 0.5) is 0 Å². The van der Waals surface area contributed by atoms with Crippen LogP contribution in [0, 0.1) is 0 Å². The molecule has 0 saturated carbocycles. The van der Waals surface area contributed by atoms with Crippen molar-refractivity contribution in [3.8, 4) is 5.75 Å². The number of aromatic amines is 1. The third-order valence-corrected chi connectivity index (χ3v) is 4.19. The van der Waals surface area contributed by atoms with Gasteiger partial charge in [-0.15, -0.1) is 0 Å². The molecule has 0 fully saturated rings. The zero-order valence-electron chi connectivity index (χ0n) is 12.8. The van der Waals surface area contributed by atoms with E-state index in [0.29, 0.717) is 0 Å². The Hall–Kier alpha value is -2.59. The number of para-hydroxylation sites is 1. The molecule has 4 nitrogen and oxygen atoms in total. The van der Waals surface area contributed by atoms with Crippen molar-refractivity contribution in [1.82, 2.24) is 15.3 Å². The first-order valence-corrected chi connectivity index (χ1v) is 7.92. The molecular weight excluding hydrogens is 286 g/mol. The van der Waals surface area contributed by atoms with Crippen LogP contribution in [0.1, 0.15) is 23.0 Å². The van der Waals surface area contributed by atoms with Gasteiger partial charge in [0.25, 0.3) is 0 Å². The average molecular weight is 305 g/mol. The zero-order valence-corrected chi connectivity index (χ0v) is 12.8. The second-order valence-corrected chi connectivity index (χ2v) is 5.78. The lowest BCUT2D eigenvalue weighted by molar-refractivity contribution is 0.223. The molecule has 0 spiro atoms. The van der Waals surface area contributed by atoms with E-state index in [1.54, 1.807) is 6.20 Å². The SMILES string of the molecule is c1ccc([C@@H](NC[C@H]2Cc3ccccc3O2)c2ncc[nH]2)cc1. The number of fused-ring (bicyclic) bond motifs is 1. The first-order valence-electron chi connectivity index (χ1n) is 7.92. The van der Waals surface area contributed by atoms with Crippen LogP contribution in [-0.2, 0) is 6.42 Å². The molecule has 2 heterocycles. The smallest absolute Gasteiger partial charge is 0.127 e. The molecule has 2 atom stereocenters. The summed E-state index contributed by atoms with van der Waals surface area (Å²) in [5.74, 6) is 1.93. The molecule has 1 aliphatic heterocycles. The van der Waals surface area contributed by atoms with Gasteiger partial charge >= 0.3 is 0 Å². The summed E-state index contributed by atoms with van der Waals surface area (Å²) in [5, 5.41) is 3.60. The Morgan fingerprint density at radius 2 is 1.96 bits per heavy atom. The van der Waals surface area contributed by atoms with Crippen LogP contribution in [0.15, 0.2) is 67.0 Å². The van der Waals surface area contributed by atoms with E-state index in [1.165, 1.54) is 11.1 Å². The van der Waals surface area contributed by atoms with E-state index in [1.807, 2.05) is 24.4 Å². The molecule has 0 aliphatic carbocycles. The van der Waals surface area contributed by atoms with Gasteiger partial charge < -0.3 is 9.72 Å². The molecule has 116 valence electrons. The fourth-order valence-corrected chi connectivity index (χ4v) is 3.07. The number of aromatic nitrogens is 2. The molecule has 1 aromatic heterocycles. The molecule has 0 radical (unpaired) electrons. The van der Waals surface area contributed by atoms with Crippen LogP contribution >= 0.6 is 0 Å². The second kappa shape index (κ2) is 6.26. The van der Waals surface area contributed by atoms with Gasteiger partial charge in [0.05, 0.1) is 6.04 Å². The molecule has 3 aromatic rings. The summed E-state index contributed by atoms with van der Waals surface area (Å²) in [5.41, 5.74) is 2.48. The quantitative estimate of drug-likeness (QED) is 0.761. The van der Waals surface area contributed by atoms with Gasteiger partial charge in [-0.2, -0.15) is 0 Å². The molecule has 0 amide bonds. The fourth-order valence-electron chi connectivity index (χ4n) is 3.07. The second-order valence-electron chi connectivity index (χ2n) is 5.78. The Morgan fingerprint density at radius 1 is 1.13 bits per heavy atom. The number of nitrogens with zero attached hydrogens (tertiary/aromatic N) is 1. The highest BCUT2D eigenvalue weighted by Crippen LogP contribution is 2.28. The van der Waals surface area contributed by atoms with Crippen molar-refractivity contribution in [2.75, 3.05) is 6.54 Å². The predicted molar refractivity (Wildman–Crippen MR) is 89.4 cm³/mol. The molecule has 0 unspecified atom stereocenters. The van der Waals surface area contributed by atoms with E-state index in [4.69, 9.17) is 4.74 Å². The van der Waals surface area contributed by atoms with Crippen molar-refractivity contribution in [2.24, 2.45) is 0 Å². The van der Waals surface area contributed by atoms with E-state index in [9.17, 15) is 0 Å². The lowest BCUT2D eigenvalue weighted by Crippen LogP contribution is -2.34. The van der Waals surface area contributed by atoms with Crippen molar-refractivity contribution in [3.63, 3.8) is 0 Å². The van der Waals surface area contributed by atoms with Crippen molar-refractivity contribution < 1.29 is 4.74 Å². The normalized spacial score (nSPS) is 17.5. The first kappa shape index (κ1) is 14.0. The molecule has 2 aromatic carbocycles. The third kappa shape index (κ3) is 2.98. The summed E-state index contributed by atoms with van der Waals surface area (Å²) >= 11 is 0. The Balaban J connectivity index is 1.47. The van der Waals surface area contributed by atoms with E-state index < -0.39 is 0 Å². The maximum absolute atomic E-state index is 6.02. The molecule has 2 N–H and O–H groups in total. The minimum atomic E-state index is 0.0403. The van der Waals surface area contributed by atoms with Gasteiger partial charge in [0.15, 0.2) is 0 Å². The molecule has 0 saturated heterocycles. The third-order valence-electron chi connectivity index (χ3n) is 4.19. The van der Waals surface area contributed by atoms with Crippen LogP contribution in [0.5, 0.6) is 5.75 Å². The molecular formula is C19H19N3O. The number of rotatable bonds is 5. The summed E-state index contributed by atoms with van der Waals surface area (Å²) in [6, 6.07) is 18.7. The molecule has 0 bridgehead atoms. The Labute approximate surface area is 135 Å². The summed E-state index contributed by atoms with van der Waals surface area (Å²) in [6.07, 6.45) is 4.75. The minimum absolute atomic E-state index is 0.0403. The zero-order chi connectivity index (χ0) is 15.5. The van der Waals surface area contributed by atoms with E-state index >= 15 is 0 Å². The predicted octanol–water partition coefficient (Wildman–Crippen LogP) is 3.09. The standard InChI is InChI=1S/C19H19N3O/c1-2-6-14(7-3-1)18(19-20-10-11-21-19)22-13-16-12-15-8-4-5-9-17(15)23-16/h1-11,16,18,22H,12-13H2,(H,20,21)/t16-,18-/m1/s1. The fraction of sp³-hybridized carbons (Fsp3) is 0.211. The van der Waals surface area contributed by atoms with Crippen LogP contribution in [-0.4, -0.2) is 22.6 Å². The summed E-state index contributed by atoms with van der Waals surface area (Å²) in [6.45, 7) is 0.773. The number of hydrogen-bond acceptors (Lipinski definition) is 3. The maximum Gasteiger partial charge on any atom is 0.127 e.